The predicted molar refractivity (Wildman–Crippen MR) is 102 cm³/mol. The Morgan fingerprint density at radius 3 is 2.48 bits per heavy atom. The molecule has 0 bridgehead atoms. The van der Waals surface area contributed by atoms with Crippen LogP contribution in [0.15, 0.2) is 0 Å². The van der Waals surface area contributed by atoms with Gasteiger partial charge >= 0.3 is 5.97 Å². The van der Waals surface area contributed by atoms with Crippen molar-refractivity contribution >= 4 is 16.0 Å². The van der Waals surface area contributed by atoms with E-state index in [0.29, 0.717) is 44.6 Å². The molecule has 7 nitrogen and oxygen atoms in total. The Hall–Kier alpha value is -0.700. The lowest BCUT2D eigenvalue weighted by molar-refractivity contribution is -0.149. The fraction of sp³-hybridized carbons (Fsp3) is 0.947. The van der Waals surface area contributed by atoms with Gasteiger partial charge in [0.25, 0.3) is 0 Å². The average Bonchev–Trinajstić information content (AvgIpc) is 3.14. The smallest absolute Gasteiger partial charge is 0.308 e. The molecular formula is C19H34N2O5S. The maximum Gasteiger partial charge on any atom is 0.308 e. The van der Waals surface area contributed by atoms with Crippen LogP contribution < -0.4 is 10.2 Å². The van der Waals surface area contributed by atoms with E-state index < -0.39 is 15.3 Å². The van der Waals surface area contributed by atoms with Crippen molar-refractivity contribution in [2.45, 2.75) is 95.1 Å². The molecule has 2 unspecified atom stereocenters. The van der Waals surface area contributed by atoms with Crippen molar-refractivity contribution in [3.05, 3.63) is 0 Å². The first-order valence-electron chi connectivity index (χ1n) is 10.6. The fourth-order valence-electron chi connectivity index (χ4n) is 4.59. The summed E-state index contributed by atoms with van der Waals surface area (Å²) < 4.78 is 33.5. The molecule has 2 atom stereocenters. The first-order chi connectivity index (χ1) is 13.0. The Kier molecular flexibility index (Phi) is 7.53. The molecule has 3 rings (SSSR count). The Morgan fingerprint density at radius 1 is 1.11 bits per heavy atom. The van der Waals surface area contributed by atoms with Crippen molar-refractivity contribution in [1.29, 1.82) is 0 Å². The third-order valence-corrected chi connectivity index (χ3v) is 8.17. The number of ether oxygens (including phenoxy) is 1. The first-order valence-corrected chi connectivity index (χ1v) is 12.1. The van der Waals surface area contributed by atoms with Gasteiger partial charge in [-0.15, -0.1) is 0 Å². The van der Waals surface area contributed by atoms with Crippen molar-refractivity contribution < 1.29 is 22.8 Å². The van der Waals surface area contributed by atoms with Crippen LogP contribution in [0.5, 0.6) is 0 Å². The highest BCUT2D eigenvalue weighted by molar-refractivity contribution is 7.90. The molecule has 27 heavy (non-hydrogen) atoms. The molecule has 1 aliphatic heterocycles. The monoisotopic (exact) mass is 402 g/mol. The number of hydrogen-bond acceptors (Lipinski definition) is 6. The number of rotatable bonds is 7. The van der Waals surface area contributed by atoms with Crippen molar-refractivity contribution in [2.24, 2.45) is 11.8 Å². The molecule has 0 amide bonds. The number of carbonyl (C=O) groups excluding carboxylic acids is 1. The first kappa shape index (κ1) is 21.0. The van der Waals surface area contributed by atoms with Crippen LogP contribution in [0.25, 0.3) is 0 Å². The minimum Gasteiger partial charge on any atom is -0.465 e. The molecular weight excluding hydrogens is 368 g/mol. The van der Waals surface area contributed by atoms with Crippen molar-refractivity contribution in [1.82, 2.24) is 10.2 Å². The van der Waals surface area contributed by atoms with Crippen LogP contribution >= 0.6 is 0 Å². The van der Waals surface area contributed by atoms with E-state index >= 15 is 0 Å². The summed E-state index contributed by atoms with van der Waals surface area (Å²) in [6.07, 6.45) is 9.50. The zero-order valence-electron chi connectivity index (χ0n) is 16.3. The second-order valence-electron chi connectivity index (χ2n) is 8.26. The van der Waals surface area contributed by atoms with Gasteiger partial charge in [-0.3, -0.25) is 9.63 Å². The van der Waals surface area contributed by atoms with Gasteiger partial charge in [-0.2, -0.15) is 10.2 Å². The number of carbonyl (C=O) groups is 1. The number of esters is 1. The zero-order valence-corrected chi connectivity index (χ0v) is 17.1. The van der Waals surface area contributed by atoms with Crippen LogP contribution in [0.4, 0.5) is 0 Å². The van der Waals surface area contributed by atoms with Gasteiger partial charge in [0.15, 0.2) is 0 Å². The van der Waals surface area contributed by atoms with Gasteiger partial charge in [0.05, 0.1) is 30.0 Å². The van der Waals surface area contributed by atoms with Gasteiger partial charge < -0.3 is 4.74 Å². The van der Waals surface area contributed by atoms with E-state index in [9.17, 15) is 13.2 Å². The molecule has 0 aromatic heterocycles. The van der Waals surface area contributed by atoms with Gasteiger partial charge in [0.1, 0.15) is 0 Å². The van der Waals surface area contributed by atoms with Crippen LogP contribution in [0.3, 0.4) is 0 Å². The van der Waals surface area contributed by atoms with E-state index in [1.807, 2.05) is 6.92 Å². The number of hydrogen-bond donors (Lipinski definition) is 2. The normalized spacial score (nSPS) is 33.1. The van der Waals surface area contributed by atoms with E-state index in [0.717, 1.165) is 6.42 Å². The summed E-state index contributed by atoms with van der Waals surface area (Å²) in [5, 5.41) is -0.441. The molecule has 2 saturated carbocycles. The number of nitrogens with one attached hydrogen (secondary N) is 2. The highest BCUT2D eigenvalue weighted by Crippen LogP contribution is 2.33. The van der Waals surface area contributed by atoms with Crippen molar-refractivity contribution in [3.63, 3.8) is 0 Å². The molecule has 1 heterocycles. The lowest BCUT2D eigenvalue weighted by atomic mass is 9.84. The molecule has 3 fully saturated rings. The molecule has 8 heteroatoms. The minimum absolute atomic E-state index is 0.0991. The Balaban J connectivity index is 1.44. The fourth-order valence-corrected chi connectivity index (χ4v) is 6.21. The number of sulfonamides is 1. The summed E-state index contributed by atoms with van der Waals surface area (Å²) in [5.74, 6) is 0.193. The van der Waals surface area contributed by atoms with Gasteiger partial charge in [0.2, 0.25) is 10.0 Å². The molecule has 0 aromatic carbocycles. The third kappa shape index (κ3) is 5.65. The van der Waals surface area contributed by atoms with E-state index in [2.05, 4.69) is 10.2 Å². The van der Waals surface area contributed by atoms with Crippen molar-refractivity contribution in [3.8, 4) is 0 Å². The van der Waals surface area contributed by atoms with Crippen LogP contribution in [0, 0.1) is 11.8 Å². The largest absolute Gasteiger partial charge is 0.465 e. The van der Waals surface area contributed by atoms with Crippen LogP contribution in [0.2, 0.25) is 0 Å². The maximum absolute atomic E-state index is 12.8. The topological polar surface area (TPSA) is 93.7 Å². The Morgan fingerprint density at radius 2 is 1.81 bits per heavy atom. The highest BCUT2D eigenvalue weighted by Gasteiger charge is 2.38. The second kappa shape index (κ2) is 9.67. The summed E-state index contributed by atoms with van der Waals surface area (Å²) in [6.45, 7) is 2.40. The molecule has 3 aliphatic rings. The molecule has 1 saturated heterocycles. The van der Waals surface area contributed by atoms with Crippen LogP contribution in [0.1, 0.15) is 77.6 Å². The summed E-state index contributed by atoms with van der Waals surface area (Å²) in [6, 6.07) is 0. The zero-order chi connectivity index (χ0) is 19.3. The molecule has 0 spiro atoms. The van der Waals surface area contributed by atoms with Gasteiger partial charge in [-0.1, -0.05) is 26.2 Å². The molecule has 0 aromatic rings. The summed E-state index contributed by atoms with van der Waals surface area (Å²) in [5.41, 5.74) is 2.88. The number of hydroxylamine groups is 1. The SMILES string of the molecule is CCCOC(=O)C1CCC(S(=O)(=O)NC2CC(C3CCCCC3)ON2)CC1. The molecule has 2 N–H and O–H groups in total. The quantitative estimate of drug-likeness (QED) is 0.636. The van der Waals surface area contributed by atoms with Crippen molar-refractivity contribution in [2.75, 3.05) is 6.61 Å². The van der Waals surface area contributed by atoms with Crippen LogP contribution in [-0.4, -0.2) is 38.5 Å². The van der Waals surface area contributed by atoms with Gasteiger partial charge in [-0.25, -0.2) is 8.42 Å². The van der Waals surface area contributed by atoms with E-state index in [1.165, 1.54) is 32.1 Å². The maximum atomic E-state index is 12.8. The highest BCUT2D eigenvalue weighted by atomic mass is 32.2. The predicted octanol–water partition coefficient (Wildman–Crippen LogP) is 2.62. The lowest BCUT2D eigenvalue weighted by Gasteiger charge is -2.28. The van der Waals surface area contributed by atoms with E-state index in [4.69, 9.17) is 9.57 Å². The van der Waals surface area contributed by atoms with E-state index in [-0.39, 0.29) is 24.2 Å². The van der Waals surface area contributed by atoms with E-state index in [1.54, 1.807) is 0 Å². The third-order valence-electron chi connectivity index (χ3n) is 6.21. The molecule has 156 valence electrons. The Labute approximate surface area is 162 Å². The summed E-state index contributed by atoms with van der Waals surface area (Å²) in [4.78, 5) is 17.7. The average molecular weight is 403 g/mol. The van der Waals surface area contributed by atoms with Gasteiger partial charge in [0, 0.05) is 6.42 Å². The Bertz CT molecular complexity index is 583. The molecule has 0 radical (unpaired) electrons. The summed E-state index contributed by atoms with van der Waals surface area (Å²) >= 11 is 0. The second-order valence-corrected chi connectivity index (χ2v) is 10.3. The molecule has 2 aliphatic carbocycles. The summed E-state index contributed by atoms with van der Waals surface area (Å²) in [7, 11) is -3.43. The lowest BCUT2D eigenvalue weighted by Crippen LogP contribution is -2.46. The standard InChI is InChI=1S/C19H34N2O5S/c1-2-12-25-19(22)15-8-10-16(11-9-15)27(23,24)21-18-13-17(26-20-18)14-6-4-3-5-7-14/h14-18,20-21H,2-13H2,1H3. The van der Waals surface area contributed by atoms with Gasteiger partial charge in [-0.05, 0) is 50.9 Å². The van der Waals surface area contributed by atoms with Crippen LogP contribution in [-0.2, 0) is 24.4 Å². The minimum atomic E-state index is -3.43.